The first-order valence-electron chi connectivity index (χ1n) is 7.81. The summed E-state index contributed by atoms with van der Waals surface area (Å²) in [5.74, 6) is -0.611. The number of aromatic nitrogens is 2. The minimum absolute atomic E-state index is 0.204. The number of amides is 2. The Hall–Kier alpha value is -2.74. The van der Waals surface area contributed by atoms with Gasteiger partial charge in [0.05, 0.1) is 11.7 Å². The van der Waals surface area contributed by atoms with E-state index >= 15 is 0 Å². The number of hydrogen-bond acceptors (Lipinski definition) is 4. The predicted molar refractivity (Wildman–Crippen MR) is 88.2 cm³/mol. The number of morpholine rings is 1. The molecule has 0 unspecified atom stereocenters. The zero-order chi connectivity index (χ0) is 18.1. The van der Waals surface area contributed by atoms with E-state index in [1.807, 2.05) is 6.92 Å². The van der Waals surface area contributed by atoms with E-state index in [1.54, 1.807) is 30.9 Å². The van der Waals surface area contributed by atoms with E-state index in [-0.39, 0.29) is 12.5 Å². The summed E-state index contributed by atoms with van der Waals surface area (Å²) in [6, 6.07) is 6.83. The SMILES string of the molecule is Cc1cc(NC(=O)[C@@H]2OCC(=O)N(C)[C@@H]2c2cccc(F)c2)n(C)n1. The second-order valence-corrected chi connectivity index (χ2v) is 6.02. The second-order valence-electron chi connectivity index (χ2n) is 6.02. The molecule has 25 heavy (non-hydrogen) atoms. The third kappa shape index (κ3) is 3.39. The Morgan fingerprint density at radius 1 is 1.36 bits per heavy atom. The minimum atomic E-state index is -0.959. The molecular formula is C17H19FN4O3. The van der Waals surface area contributed by atoms with Crippen molar-refractivity contribution >= 4 is 17.6 Å². The molecule has 1 aliphatic rings. The largest absolute Gasteiger partial charge is 0.356 e. The summed E-state index contributed by atoms with van der Waals surface area (Å²) in [6.07, 6.45) is -0.959. The molecule has 0 radical (unpaired) electrons. The van der Waals surface area contributed by atoms with Crippen LogP contribution in [0.2, 0.25) is 0 Å². The number of halogens is 1. The first-order valence-corrected chi connectivity index (χ1v) is 7.81. The first-order chi connectivity index (χ1) is 11.9. The summed E-state index contributed by atoms with van der Waals surface area (Å²) in [5.41, 5.74) is 1.26. The molecule has 2 aromatic rings. The van der Waals surface area contributed by atoms with Crippen molar-refractivity contribution in [1.29, 1.82) is 0 Å². The fourth-order valence-corrected chi connectivity index (χ4v) is 2.95. The molecule has 1 aliphatic heterocycles. The van der Waals surface area contributed by atoms with Crippen LogP contribution in [-0.4, -0.2) is 46.3 Å². The van der Waals surface area contributed by atoms with Crippen LogP contribution in [0.25, 0.3) is 0 Å². The Morgan fingerprint density at radius 2 is 2.12 bits per heavy atom. The summed E-state index contributed by atoms with van der Waals surface area (Å²) >= 11 is 0. The van der Waals surface area contributed by atoms with Gasteiger partial charge in [-0.2, -0.15) is 5.10 Å². The molecule has 0 bridgehead atoms. The van der Waals surface area contributed by atoms with Gasteiger partial charge in [0, 0.05) is 20.2 Å². The van der Waals surface area contributed by atoms with Crippen molar-refractivity contribution in [3.05, 3.63) is 47.4 Å². The Morgan fingerprint density at radius 3 is 2.76 bits per heavy atom. The predicted octanol–water partition coefficient (Wildman–Crippen LogP) is 1.40. The molecule has 2 heterocycles. The number of ether oxygens (including phenoxy) is 1. The van der Waals surface area contributed by atoms with E-state index in [0.29, 0.717) is 11.4 Å². The maximum Gasteiger partial charge on any atom is 0.257 e. The molecule has 2 amide bonds. The van der Waals surface area contributed by atoms with E-state index in [2.05, 4.69) is 10.4 Å². The number of benzene rings is 1. The van der Waals surface area contributed by atoms with Gasteiger partial charge in [0.1, 0.15) is 18.2 Å². The molecule has 1 N–H and O–H groups in total. The Kier molecular flexibility index (Phi) is 4.54. The van der Waals surface area contributed by atoms with Gasteiger partial charge in [-0.3, -0.25) is 14.3 Å². The number of aryl methyl sites for hydroxylation is 2. The lowest BCUT2D eigenvalue weighted by Crippen LogP contribution is -2.51. The number of carbonyl (C=O) groups excluding carboxylic acids is 2. The summed E-state index contributed by atoms with van der Waals surface area (Å²) in [6.45, 7) is 1.61. The highest BCUT2D eigenvalue weighted by molar-refractivity contribution is 5.95. The third-order valence-electron chi connectivity index (χ3n) is 4.19. The minimum Gasteiger partial charge on any atom is -0.356 e. The molecule has 2 atom stereocenters. The molecule has 1 aromatic carbocycles. The zero-order valence-corrected chi connectivity index (χ0v) is 14.2. The van der Waals surface area contributed by atoms with Gasteiger partial charge in [-0.1, -0.05) is 12.1 Å². The Labute approximate surface area is 144 Å². The van der Waals surface area contributed by atoms with Crippen LogP contribution in [-0.2, 0) is 21.4 Å². The van der Waals surface area contributed by atoms with Gasteiger partial charge in [-0.15, -0.1) is 0 Å². The van der Waals surface area contributed by atoms with Crippen molar-refractivity contribution in [3.8, 4) is 0 Å². The van der Waals surface area contributed by atoms with Crippen LogP contribution in [0.1, 0.15) is 17.3 Å². The molecule has 0 spiro atoms. The quantitative estimate of drug-likeness (QED) is 0.912. The van der Waals surface area contributed by atoms with Crippen LogP contribution >= 0.6 is 0 Å². The van der Waals surface area contributed by atoms with Crippen LogP contribution in [0.3, 0.4) is 0 Å². The zero-order valence-electron chi connectivity index (χ0n) is 14.2. The molecule has 0 saturated carbocycles. The lowest BCUT2D eigenvalue weighted by atomic mass is 9.97. The molecule has 8 heteroatoms. The van der Waals surface area contributed by atoms with Crippen LogP contribution in [0.15, 0.2) is 30.3 Å². The lowest BCUT2D eigenvalue weighted by molar-refractivity contribution is -0.160. The molecule has 3 rings (SSSR count). The summed E-state index contributed by atoms with van der Waals surface area (Å²) in [7, 11) is 3.29. The van der Waals surface area contributed by atoms with Crippen LogP contribution in [0, 0.1) is 12.7 Å². The van der Waals surface area contributed by atoms with Crippen LogP contribution in [0.4, 0.5) is 10.2 Å². The number of rotatable bonds is 3. The lowest BCUT2D eigenvalue weighted by Gasteiger charge is -2.38. The average molecular weight is 346 g/mol. The number of hydrogen-bond donors (Lipinski definition) is 1. The highest BCUT2D eigenvalue weighted by Gasteiger charge is 2.40. The number of likely N-dealkylation sites (N-methyl/N-ethyl adjacent to an activating group) is 1. The van der Waals surface area contributed by atoms with Gasteiger partial charge in [0.25, 0.3) is 5.91 Å². The van der Waals surface area contributed by atoms with Gasteiger partial charge in [-0.05, 0) is 24.6 Å². The summed E-state index contributed by atoms with van der Waals surface area (Å²) in [4.78, 5) is 26.2. The summed E-state index contributed by atoms with van der Waals surface area (Å²) in [5, 5.41) is 6.93. The van der Waals surface area contributed by atoms with Crippen molar-refractivity contribution in [2.45, 2.75) is 19.1 Å². The van der Waals surface area contributed by atoms with E-state index in [9.17, 15) is 14.0 Å². The van der Waals surface area contributed by atoms with Gasteiger partial charge < -0.3 is 15.0 Å². The van der Waals surface area contributed by atoms with Gasteiger partial charge in [-0.25, -0.2) is 4.39 Å². The number of anilines is 1. The van der Waals surface area contributed by atoms with Gasteiger partial charge >= 0.3 is 0 Å². The highest BCUT2D eigenvalue weighted by Crippen LogP contribution is 2.30. The fourth-order valence-electron chi connectivity index (χ4n) is 2.95. The van der Waals surface area contributed by atoms with Crippen LogP contribution in [0.5, 0.6) is 0 Å². The van der Waals surface area contributed by atoms with Gasteiger partial charge in [0.15, 0.2) is 6.10 Å². The highest BCUT2D eigenvalue weighted by atomic mass is 19.1. The maximum atomic E-state index is 13.6. The maximum absolute atomic E-state index is 13.6. The van der Waals surface area contributed by atoms with E-state index in [1.165, 1.54) is 23.1 Å². The van der Waals surface area contributed by atoms with Crippen molar-refractivity contribution in [2.24, 2.45) is 7.05 Å². The van der Waals surface area contributed by atoms with Crippen molar-refractivity contribution in [2.75, 3.05) is 19.0 Å². The van der Waals surface area contributed by atoms with Crippen molar-refractivity contribution < 1.29 is 18.7 Å². The molecule has 0 aliphatic carbocycles. The fraction of sp³-hybridized carbons (Fsp3) is 0.353. The Bertz CT molecular complexity index is 820. The number of nitrogens with one attached hydrogen (secondary N) is 1. The Balaban J connectivity index is 1.90. The van der Waals surface area contributed by atoms with Crippen molar-refractivity contribution in [3.63, 3.8) is 0 Å². The second kappa shape index (κ2) is 6.64. The molecule has 7 nitrogen and oxygen atoms in total. The topological polar surface area (TPSA) is 76.5 Å². The van der Waals surface area contributed by atoms with E-state index < -0.39 is 23.9 Å². The molecule has 1 fully saturated rings. The van der Waals surface area contributed by atoms with E-state index in [4.69, 9.17) is 4.74 Å². The molecule has 1 aromatic heterocycles. The average Bonchev–Trinajstić information content (AvgIpc) is 2.87. The molecule has 1 saturated heterocycles. The van der Waals surface area contributed by atoms with Gasteiger partial charge in [0.2, 0.25) is 5.91 Å². The van der Waals surface area contributed by atoms with Crippen molar-refractivity contribution in [1.82, 2.24) is 14.7 Å². The monoisotopic (exact) mass is 346 g/mol. The smallest absolute Gasteiger partial charge is 0.257 e. The standard InChI is InChI=1S/C17H19FN4O3/c1-10-7-13(22(3)20-10)19-17(24)16-15(21(2)14(23)9-25-16)11-5-4-6-12(18)8-11/h4-8,15-16H,9H2,1-3H3,(H,19,24)/t15-,16-/m1/s1. The van der Waals surface area contributed by atoms with Crippen LogP contribution < -0.4 is 5.32 Å². The first kappa shape index (κ1) is 17.1. The summed E-state index contributed by atoms with van der Waals surface area (Å²) < 4.78 is 20.7. The van der Waals surface area contributed by atoms with E-state index in [0.717, 1.165) is 5.69 Å². The molecule has 132 valence electrons. The number of nitrogens with zero attached hydrogens (tertiary/aromatic N) is 3. The molecular weight excluding hydrogens is 327 g/mol. The third-order valence-corrected chi connectivity index (χ3v) is 4.19. The number of carbonyl (C=O) groups is 2. The normalized spacial score (nSPS) is 20.6.